The van der Waals surface area contributed by atoms with Crippen LogP contribution in [0.3, 0.4) is 0 Å². The van der Waals surface area contributed by atoms with Gasteiger partial charge in [0.1, 0.15) is 17.2 Å². The van der Waals surface area contributed by atoms with Gasteiger partial charge in [0, 0.05) is 36.1 Å². The summed E-state index contributed by atoms with van der Waals surface area (Å²) in [7, 11) is 1.34. The smallest absolute Gasteiger partial charge is 0.336 e. The van der Waals surface area contributed by atoms with Gasteiger partial charge in [-0.3, -0.25) is 9.59 Å². The maximum Gasteiger partial charge on any atom is 0.336 e. The van der Waals surface area contributed by atoms with Gasteiger partial charge in [-0.25, -0.2) is 4.79 Å². The number of aliphatic hydroxyl groups is 1. The zero-order valence-electron chi connectivity index (χ0n) is 18.9. The van der Waals surface area contributed by atoms with Crippen molar-refractivity contribution in [2.75, 3.05) is 13.7 Å². The molecule has 1 fully saturated rings. The molecule has 0 spiro atoms. The standard InChI is InChI=1S/C25H24O10/c1-33-13-6-4-5-11-16(13)22(28)19-18(20(11)26)21(27)12-9-25(32,24(30)31)10-14(17(12)23(19)29)35-15-7-2-3-8-34-15/h4-6,14-15,27,29,32H,2-3,7-10H2,1H3,(H,30,31). The molecule has 2 aromatic carbocycles. The Bertz CT molecular complexity index is 1260. The Balaban J connectivity index is 1.72. The van der Waals surface area contributed by atoms with E-state index in [0.29, 0.717) is 13.0 Å². The molecule has 10 nitrogen and oxygen atoms in total. The van der Waals surface area contributed by atoms with Crippen molar-refractivity contribution < 1.29 is 49.0 Å². The number of carbonyl (C=O) groups excluding carboxylic acids is 2. The first-order chi connectivity index (χ1) is 16.7. The Morgan fingerprint density at radius 2 is 1.83 bits per heavy atom. The minimum atomic E-state index is -2.34. The van der Waals surface area contributed by atoms with Crippen LogP contribution in [-0.4, -0.2) is 63.6 Å². The molecule has 5 rings (SSSR count). The number of phenols is 2. The molecule has 4 N–H and O–H groups in total. The van der Waals surface area contributed by atoms with E-state index in [9.17, 15) is 34.8 Å². The predicted octanol–water partition coefficient (Wildman–Crippen LogP) is 2.23. The molecule has 0 bridgehead atoms. The Hall–Kier alpha value is -3.47. The fraction of sp³-hybridized carbons (Fsp3) is 0.400. The molecule has 1 heterocycles. The lowest BCUT2D eigenvalue weighted by molar-refractivity contribution is -0.207. The SMILES string of the molecule is COc1cccc2c1C(=O)c1c(O)c3c(c(O)c1C2=O)CC(O)(C(=O)O)CC3OC1CCCCO1. The number of carboxylic acids is 1. The van der Waals surface area contributed by atoms with Crippen molar-refractivity contribution in [1.29, 1.82) is 0 Å². The first-order valence-corrected chi connectivity index (χ1v) is 11.3. The van der Waals surface area contributed by atoms with Gasteiger partial charge in [-0.05, 0) is 25.3 Å². The number of ketones is 2. The monoisotopic (exact) mass is 484 g/mol. The van der Waals surface area contributed by atoms with E-state index in [0.717, 1.165) is 12.8 Å². The second kappa shape index (κ2) is 8.33. The summed E-state index contributed by atoms with van der Waals surface area (Å²) in [5.74, 6) is -4.15. The molecule has 3 aliphatic rings. The third-order valence-corrected chi connectivity index (χ3v) is 6.93. The number of carbonyl (C=O) groups is 3. The van der Waals surface area contributed by atoms with E-state index in [1.807, 2.05) is 0 Å². The quantitative estimate of drug-likeness (QED) is 0.404. The van der Waals surface area contributed by atoms with E-state index in [4.69, 9.17) is 14.2 Å². The second-order valence-electron chi connectivity index (χ2n) is 9.02. The number of phenolic OH excluding ortho intramolecular Hbond substituents is 2. The lowest BCUT2D eigenvalue weighted by Gasteiger charge is -2.39. The van der Waals surface area contributed by atoms with Crippen LogP contribution in [-0.2, 0) is 20.7 Å². The number of ether oxygens (including phenoxy) is 3. The van der Waals surface area contributed by atoms with Crippen LogP contribution < -0.4 is 4.74 Å². The van der Waals surface area contributed by atoms with Gasteiger partial charge >= 0.3 is 5.97 Å². The predicted molar refractivity (Wildman–Crippen MR) is 118 cm³/mol. The first-order valence-electron chi connectivity index (χ1n) is 11.3. The van der Waals surface area contributed by atoms with Crippen molar-refractivity contribution in [3.05, 3.63) is 51.6 Å². The van der Waals surface area contributed by atoms with Gasteiger partial charge in [-0.2, -0.15) is 0 Å². The van der Waals surface area contributed by atoms with Crippen LogP contribution in [0.15, 0.2) is 18.2 Å². The normalized spacial score (nSPS) is 25.4. The topological polar surface area (TPSA) is 160 Å². The van der Waals surface area contributed by atoms with E-state index >= 15 is 0 Å². The lowest BCUT2D eigenvalue weighted by atomic mass is 9.73. The van der Waals surface area contributed by atoms with Crippen LogP contribution >= 0.6 is 0 Å². The molecule has 0 aromatic heterocycles. The average Bonchev–Trinajstić information content (AvgIpc) is 2.84. The summed E-state index contributed by atoms with van der Waals surface area (Å²) in [6.07, 6.45) is -0.854. The zero-order chi connectivity index (χ0) is 25.1. The van der Waals surface area contributed by atoms with Crippen LogP contribution in [0.5, 0.6) is 17.2 Å². The Morgan fingerprint density at radius 1 is 1.09 bits per heavy atom. The molecule has 2 aliphatic carbocycles. The summed E-state index contributed by atoms with van der Waals surface area (Å²) in [4.78, 5) is 38.8. The highest BCUT2D eigenvalue weighted by atomic mass is 16.7. The van der Waals surface area contributed by atoms with Crippen LogP contribution in [0.1, 0.15) is 74.8 Å². The molecule has 0 radical (unpaired) electrons. The highest BCUT2D eigenvalue weighted by Crippen LogP contribution is 2.52. The van der Waals surface area contributed by atoms with E-state index in [-0.39, 0.29) is 28.0 Å². The van der Waals surface area contributed by atoms with Crippen LogP contribution in [0.4, 0.5) is 0 Å². The number of fused-ring (bicyclic) bond motifs is 3. The number of hydrogen-bond acceptors (Lipinski definition) is 9. The molecular weight excluding hydrogens is 460 g/mol. The molecule has 3 unspecified atom stereocenters. The molecule has 1 aliphatic heterocycles. The average molecular weight is 484 g/mol. The summed E-state index contributed by atoms with van der Waals surface area (Å²) in [6.45, 7) is 0.429. The van der Waals surface area contributed by atoms with Gasteiger partial charge in [0.2, 0.25) is 5.78 Å². The number of methoxy groups -OCH3 is 1. The van der Waals surface area contributed by atoms with Crippen LogP contribution in [0.2, 0.25) is 0 Å². The third kappa shape index (κ3) is 3.48. The van der Waals surface area contributed by atoms with Crippen LogP contribution in [0.25, 0.3) is 0 Å². The summed E-state index contributed by atoms with van der Waals surface area (Å²) >= 11 is 0. The first kappa shape index (κ1) is 23.3. The summed E-state index contributed by atoms with van der Waals surface area (Å²) < 4.78 is 16.8. The van der Waals surface area contributed by atoms with Gasteiger partial charge in [0.25, 0.3) is 0 Å². The summed E-state index contributed by atoms with van der Waals surface area (Å²) in [5, 5.41) is 43.1. The molecule has 35 heavy (non-hydrogen) atoms. The van der Waals surface area contributed by atoms with Gasteiger partial charge in [0.05, 0.1) is 29.9 Å². The van der Waals surface area contributed by atoms with Gasteiger partial charge < -0.3 is 34.6 Å². The van der Waals surface area contributed by atoms with Crippen LogP contribution in [0, 0.1) is 0 Å². The lowest BCUT2D eigenvalue weighted by Crippen LogP contribution is -2.46. The molecule has 0 saturated carbocycles. The molecule has 10 heteroatoms. The van der Waals surface area contributed by atoms with Gasteiger partial charge in [0.15, 0.2) is 17.7 Å². The second-order valence-corrected chi connectivity index (χ2v) is 9.02. The largest absolute Gasteiger partial charge is 0.507 e. The number of aromatic hydroxyl groups is 2. The van der Waals surface area contributed by atoms with E-state index < -0.39 is 71.0 Å². The maximum absolute atomic E-state index is 13.5. The van der Waals surface area contributed by atoms with Crippen molar-refractivity contribution in [3.8, 4) is 17.2 Å². The Kier molecular flexibility index (Phi) is 5.54. The van der Waals surface area contributed by atoms with E-state index in [2.05, 4.69) is 0 Å². The molecule has 2 aromatic rings. The molecule has 1 saturated heterocycles. The zero-order valence-corrected chi connectivity index (χ0v) is 18.9. The molecule has 3 atom stereocenters. The number of hydrogen-bond donors (Lipinski definition) is 4. The van der Waals surface area contributed by atoms with Gasteiger partial charge in [-0.15, -0.1) is 0 Å². The number of benzene rings is 2. The van der Waals surface area contributed by atoms with Crippen molar-refractivity contribution in [3.63, 3.8) is 0 Å². The highest BCUT2D eigenvalue weighted by molar-refractivity contribution is 6.31. The Morgan fingerprint density at radius 3 is 2.49 bits per heavy atom. The molecule has 0 amide bonds. The van der Waals surface area contributed by atoms with Gasteiger partial charge in [-0.1, -0.05) is 12.1 Å². The fourth-order valence-corrected chi connectivity index (χ4v) is 5.20. The van der Waals surface area contributed by atoms with Crippen molar-refractivity contribution >= 4 is 17.5 Å². The van der Waals surface area contributed by atoms with Crippen molar-refractivity contribution in [2.45, 2.75) is 50.1 Å². The number of rotatable bonds is 4. The van der Waals surface area contributed by atoms with Crippen molar-refractivity contribution in [2.24, 2.45) is 0 Å². The third-order valence-electron chi connectivity index (χ3n) is 6.93. The minimum absolute atomic E-state index is 0.0239. The maximum atomic E-state index is 13.5. The molecule has 184 valence electrons. The van der Waals surface area contributed by atoms with Crippen molar-refractivity contribution in [1.82, 2.24) is 0 Å². The Labute approximate surface area is 199 Å². The number of aliphatic carboxylic acids is 1. The number of carboxylic acid groups (broad SMARTS) is 1. The fourth-order valence-electron chi connectivity index (χ4n) is 5.20. The summed E-state index contributed by atoms with van der Waals surface area (Å²) in [5.41, 5.74) is -3.48. The van der Waals surface area contributed by atoms with E-state index in [1.165, 1.54) is 25.3 Å². The molecular formula is C25H24O10. The minimum Gasteiger partial charge on any atom is -0.507 e. The van der Waals surface area contributed by atoms with E-state index in [1.54, 1.807) is 0 Å². The summed E-state index contributed by atoms with van der Waals surface area (Å²) in [6, 6.07) is 4.42. The highest BCUT2D eigenvalue weighted by Gasteiger charge is 2.50.